The molecule has 0 bridgehead atoms. The minimum absolute atomic E-state index is 0.346. The van der Waals surface area contributed by atoms with Crippen LogP contribution in [0.2, 0.25) is 0 Å². The summed E-state index contributed by atoms with van der Waals surface area (Å²) >= 11 is 0. The van der Waals surface area contributed by atoms with Gasteiger partial charge < -0.3 is 10.3 Å². The third-order valence-electron chi connectivity index (χ3n) is 3.82. The summed E-state index contributed by atoms with van der Waals surface area (Å²) in [6.45, 7) is 6.54. The molecule has 0 atom stereocenters. The molecule has 0 spiro atoms. The maximum atomic E-state index is 5.92. The number of nitrogen functional groups attached to an aromatic ring is 1. The standard InChI is InChI=1S/C18H21N3/c1-4-13-8-9-17-16(10-13)20-18(21(17)12(2)3)14-6-5-7-15(19)11-14/h5-12H,4,19H2,1-3H3. The number of fused-ring (bicyclic) bond motifs is 1. The normalized spacial score (nSPS) is 11.4. The Morgan fingerprint density at radius 2 is 1.95 bits per heavy atom. The molecule has 0 amide bonds. The van der Waals surface area contributed by atoms with E-state index in [1.54, 1.807) is 0 Å². The van der Waals surface area contributed by atoms with Gasteiger partial charge in [-0.3, -0.25) is 0 Å². The second-order valence-electron chi connectivity index (χ2n) is 5.70. The van der Waals surface area contributed by atoms with Gasteiger partial charge in [-0.1, -0.05) is 25.1 Å². The van der Waals surface area contributed by atoms with Crippen LogP contribution in [0.5, 0.6) is 0 Å². The van der Waals surface area contributed by atoms with Crippen molar-refractivity contribution in [3.05, 3.63) is 48.0 Å². The Morgan fingerprint density at radius 1 is 1.14 bits per heavy atom. The number of aromatic nitrogens is 2. The van der Waals surface area contributed by atoms with E-state index in [-0.39, 0.29) is 0 Å². The fourth-order valence-electron chi connectivity index (χ4n) is 2.77. The van der Waals surface area contributed by atoms with Crippen LogP contribution in [-0.4, -0.2) is 9.55 Å². The topological polar surface area (TPSA) is 43.8 Å². The van der Waals surface area contributed by atoms with Crippen molar-refractivity contribution in [2.45, 2.75) is 33.2 Å². The molecule has 0 saturated carbocycles. The van der Waals surface area contributed by atoms with Gasteiger partial charge in [0.05, 0.1) is 11.0 Å². The van der Waals surface area contributed by atoms with Gasteiger partial charge in [-0.05, 0) is 50.1 Å². The van der Waals surface area contributed by atoms with E-state index in [1.165, 1.54) is 11.1 Å². The lowest BCUT2D eigenvalue weighted by Crippen LogP contribution is -2.03. The number of anilines is 1. The summed E-state index contributed by atoms with van der Waals surface area (Å²) < 4.78 is 2.28. The Morgan fingerprint density at radius 3 is 2.62 bits per heavy atom. The fourth-order valence-corrected chi connectivity index (χ4v) is 2.77. The molecule has 3 aromatic rings. The molecule has 1 heterocycles. The number of benzene rings is 2. The number of aryl methyl sites for hydroxylation is 1. The SMILES string of the molecule is CCc1ccc2c(c1)nc(-c1cccc(N)c1)n2C(C)C. The maximum Gasteiger partial charge on any atom is 0.141 e. The quantitative estimate of drug-likeness (QED) is 0.721. The molecule has 0 unspecified atom stereocenters. The molecule has 0 radical (unpaired) electrons. The molecular formula is C18H21N3. The molecular weight excluding hydrogens is 258 g/mol. The number of imidazole rings is 1. The van der Waals surface area contributed by atoms with E-state index in [2.05, 4.69) is 49.6 Å². The van der Waals surface area contributed by atoms with Crippen LogP contribution in [0.15, 0.2) is 42.5 Å². The lowest BCUT2D eigenvalue weighted by molar-refractivity contribution is 0.624. The van der Waals surface area contributed by atoms with Crippen LogP contribution in [0.1, 0.15) is 32.4 Å². The summed E-state index contributed by atoms with van der Waals surface area (Å²) in [4.78, 5) is 4.86. The summed E-state index contributed by atoms with van der Waals surface area (Å²) in [6, 6.07) is 14.8. The van der Waals surface area contributed by atoms with Crippen molar-refractivity contribution >= 4 is 16.7 Å². The van der Waals surface area contributed by atoms with Crippen molar-refractivity contribution in [3.8, 4) is 11.4 Å². The van der Waals surface area contributed by atoms with Crippen LogP contribution in [0, 0.1) is 0 Å². The molecule has 1 aromatic heterocycles. The minimum atomic E-state index is 0.346. The Kier molecular flexibility index (Phi) is 3.42. The highest BCUT2D eigenvalue weighted by atomic mass is 15.1. The lowest BCUT2D eigenvalue weighted by Gasteiger charge is -2.13. The average Bonchev–Trinajstić information content (AvgIpc) is 2.85. The predicted molar refractivity (Wildman–Crippen MR) is 89.3 cm³/mol. The van der Waals surface area contributed by atoms with Crippen molar-refractivity contribution in [1.82, 2.24) is 9.55 Å². The molecule has 3 heteroatoms. The van der Waals surface area contributed by atoms with Crippen LogP contribution >= 0.6 is 0 Å². The molecule has 21 heavy (non-hydrogen) atoms. The van der Waals surface area contributed by atoms with Crippen LogP contribution in [0.4, 0.5) is 5.69 Å². The summed E-state index contributed by atoms with van der Waals surface area (Å²) in [7, 11) is 0. The number of hydrogen-bond donors (Lipinski definition) is 1. The number of hydrogen-bond acceptors (Lipinski definition) is 2. The van der Waals surface area contributed by atoms with Crippen molar-refractivity contribution in [2.24, 2.45) is 0 Å². The van der Waals surface area contributed by atoms with Gasteiger partial charge in [0.15, 0.2) is 0 Å². The summed E-state index contributed by atoms with van der Waals surface area (Å²) in [5, 5.41) is 0. The molecule has 108 valence electrons. The maximum absolute atomic E-state index is 5.92. The van der Waals surface area contributed by atoms with Gasteiger partial charge in [0.25, 0.3) is 0 Å². The second-order valence-corrected chi connectivity index (χ2v) is 5.70. The Balaban J connectivity index is 2.28. The zero-order chi connectivity index (χ0) is 15.0. The van der Waals surface area contributed by atoms with Gasteiger partial charge in [0.2, 0.25) is 0 Å². The molecule has 3 rings (SSSR count). The van der Waals surface area contributed by atoms with Crippen molar-refractivity contribution in [1.29, 1.82) is 0 Å². The molecule has 2 aromatic carbocycles. The van der Waals surface area contributed by atoms with E-state index in [1.807, 2.05) is 18.2 Å². The van der Waals surface area contributed by atoms with Crippen molar-refractivity contribution in [3.63, 3.8) is 0 Å². The zero-order valence-corrected chi connectivity index (χ0v) is 12.8. The van der Waals surface area contributed by atoms with Gasteiger partial charge in [0.1, 0.15) is 5.82 Å². The van der Waals surface area contributed by atoms with Gasteiger partial charge in [-0.15, -0.1) is 0 Å². The number of nitrogens with two attached hydrogens (primary N) is 1. The first-order chi connectivity index (χ1) is 10.1. The highest BCUT2D eigenvalue weighted by Crippen LogP contribution is 2.29. The Labute approximate surface area is 125 Å². The van der Waals surface area contributed by atoms with E-state index >= 15 is 0 Å². The van der Waals surface area contributed by atoms with Crippen LogP contribution in [0.25, 0.3) is 22.4 Å². The third kappa shape index (κ3) is 2.40. The molecule has 0 saturated heterocycles. The van der Waals surface area contributed by atoms with Gasteiger partial charge >= 0.3 is 0 Å². The highest BCUT2D eigenvalue weighted by molar-refractivity contribution is 5.82. The number of nitrogens with zero attached hydrogens (tertiary/aromatic N) is 2. The highest BCUT2D eigenvalue weighted by Gasteiger charge is 2.15. The van der Waals surface area contributed by atoms with Crippen molar-refractivity contribution < 1.29 is 0 Å². The second kappa shape index (κ2) is 5.24. The van der Waals surface area contributed by atoms with Crippen LogP contribution in [-0.2, 0) is 6.42 Å². The minimum Gasteiger partial charge on any atom is -0.399 e. The molecule has 0 aliphatic carbocycles. The summed E-state index contributed by atoms with van der Waals surface area (Å²) in [5.41, 5.74) is 11.3. The van der Waals surface area contributed by atoms with Crippen LogP contribution in [0.3, 0.4) is 0 Å². The third-order valence-corrected chi connectivity index (χ3v) is 3.82. The Bertz CT molecular complexity index is 784. The smallest absolute Gasteiger partial charge is 0.141 e. The first kappa shape index (κ1) is 13.7. The molecule has 3 nitrogen and oxygen atoms in total. The Hall–Kier alpha value is -2.29. The van der Waals surface area contributed by atoms with Gasteiger partial charge in [-0.2, -0.15) is 0 Å². The zero-order valence-electron chi connectivity index (χ0n) is 12.8. The predicted octanol–water partition coefficient (Wildman–Crippen LogP) is 4.43. The summed E-state index contributed by atoms with van der Waals surface area (Å²) in [6.07, 6.45) is 1.03. The van der Waals surface area contributed by atoms with Gasteiger partial charge in [-0.25, -0.2) is 4.98 Å². The molecule has 2 N–H and O–H groups in total. The van der Waals surface area contributed by atoms with Crippen LogP contribution < -0.4 is 5.73 Å². The fraction of sp³-hybridized carbons (Fsp3) is 0.278. The largest absolute Gasteiger partial charge is 0.399 e. The molecule has 0 aliphatic heterocycles. The molecule has 0 aliphatic rings. The van der Waals surface area contributed by atoms with Gasteiger partial charge in [0, 0.05) is 17.3 Å². The number of rotatable bonds is 3. The molecule has 0 fully saturated rings. The first-order valence-corrected chi connectivity index (χ1v) is 7.47. The van der Waals surface area contributed by atoms with Crippen molar-refractivity contribution in [2.75, 3.05) is 5.73 Å². The van der Waals surface area contributed by atoms with E-state index in [4.69, 9.17) is 10.7 Å². The average molecular weight is 279 g/mol. The lowest BCUT2D eigenvalue weighted by atomic mass is 10.1. The van der Waals surface area contributed by atoms with E-state index in [0.29, 0.717) is 6.04 Å². The monoisotopic (exact) mass is 279 g/mol. The van der Waals surface area contributed by atoms with E-state index in [0.717, 1.165) is 29.0 Å². The first-order valence-electron chi connectivity index (χ1n) is 7.47. The van der Waals surface area contributed by atoms with E-state index < -0.39 is 0 Å². The van der Waals surface area contributed by atoms with E-state index in [9.17, 15) is 0 Å². The summed E-state index contributed by atoms with van der Waals surface area (Å²) in [5.74, 6) is 0.987.